The number of aliphatic imine (C=N–C) groups is 1. The van der Waals surface area contributed by atoms with Crippen LogP contribution in [0.3, 0.4) is 0 Å². The lowest BCUT2D eigenvalue weighted by atomic mass is 9.69. The first kappa shape index (κ1) is 32.3. The molecule has 2 N–H and O–H groups in total. The Bertz CT molecular complexity index is 1520. The van der Waals surface area contributed by atoms with Gasteiger partial charge in [0.2, 0.25) is 0 Å². The van der Waals surface area contributed by atoms with Crippen molar-refractivity contribution in [1.29, 1.82) is 0 Å². The van der Waals surface area contributed by atoms with Gasteiger partial charge in [0.1, 0.15) is 11.4 Å². The molecule has 0 saturated heterocycles. The number of carbonyl (C=O) groups is 2. The number of hydrogen-bond donors (Lipinski definition) is 2. The van der Waals surface area contributed by atoms with Crippen molar-refractivity contribution in [1.82, 2.24) is 30.8 Å². The van der Waals surface area contributed by atoms with Gasteiger partial charge in [-0.05, 0) is 73.3 Å². The van der Waals surface area contributed by atoms with Gasteiger partial charge in [-0.25, -0.2) is 0 Å². The first-order chi connectivity index (χ1) is 21.3. The molecule has 0 radical (unpaired) electrons. The van der Waals surface area contributed by atoms with E-state index in [-0.39, 0.29) is 41.1 Å². The Labute approximate surface area is 261 Å². The molecular formula is C33H40F3N7O2. The van der Waals surface area contributed by atoms with Crippen molar-refractivity contribution >= 4 is 17.5 Å². The molecule has 3 aromatic rings. The van der Waals surface area contributed by atoms with Gasteiger partial charge in [0, 0.05) is 11.1 Å². The zero-order valence-corrected chi connectivity index (χ0v) is 26.1. The van der Waals surface area contributed by atoms with Crippen LogP contribution in [0.2, 0.25) is 0 Å². The molecule has 1 aliphatic carbocycles. The van der Waals surface area contributed by atoms with Crippen LogP contribution in [0.5, 0.6) is 0 Å². The van der Waals surface area contributed by atoms with Crippen LogP contribution >= 0.6 is 0 Å². The lowest BCUT2D eigenvalue weighted by Gasteiger charge is -2.47. The largest absolute Gasteiger partial charge is 0.416 e. The van der Waals surface area contributed by atoms with E-state index in [0.717, 1.165) is 43.4 Å². The van der Waals surface area contributed by atoms with Crippen LogP contribution < -0.4 is 5.32 Å². The van der Waals surface area contributed by atoms with E-state index in [2.05, 4.69) is 53.6 Å². The fourth-order valence-corrected chi connectivity index (χ4v) is 6.59. The molecule has 1 fully saturated rings. The van der Waals surface area contributed by atoms with Gasteiger partial charge in [0.25, 0.3) is 11.8 Å². The van der Waals surface area contributed by atoms with E-state index in [9.17, 15) is 22.8 Å². The maximum Gasteiger partial charge on any atom is 0.416 e. The van der Waals surface area contributed by atoms with Crippen LogP contribution in [0.25, 0.3) is 0 Å². The van der Waals surface area contributed by atoms with Crippen molar-refractivity contribution < 1.29 is 22.8 Å². The molecule has 1 atom stereocenters. The van der Waals surface area contributed by atoms with Crippen LogP contribution in [-0.2, 0) is 17.5 Å². The van der Waals surface area contributed by atoms with Crippen molar-refractivity contribution in [2.24, 2.45) is 16.3 Å². The predicted molar refractivity (Wildman–Crippen MR) is 163 cm³/mol. The lowest BCUT2D eigenvalue weighted by molar-refractivity contribution is -0.137. The normalized spacial score (nSPS) is 21.2. The fourth-order valence-electron chi connectivity index (χ4n) is 6.59. The highest BCUT2D eigenvalue weighted by Gasteiger charge is 2.52. The Morgan fingerprint density at radius 2 is 1.82 bits per heavy atom. The van der Waals surface area contributed by atoms with Crippen molar-refractivity contribution in [3.05, 3.63) is 76.6 Å². The molecular weight excluding hydrogens is 583 g/mol. The highest BCUT2D eigenvalue weighted by atomic mass is 19.4. The van der Waals surface area contributed by atoms with Crippen LogP contribution in [0.1, 0.15) is 112 Å². The second kappa shape index (κ2) is 12.7. The van der Waals surface area contributed by atoms with Gasteiger partial charge in [-0.2, -0.15) is 18.4 Å². The fraction of sp³-hybridized carbons (Fsp3) is 0.515. The topological polar surface area (TPSA) is 116 Å². The Hall–Kier alpha value is -4.09. The second-order valence-electron chi connectivity index (χ2n) is 13.1. The molecule has 1 aromatic heterocycles. The summed E-state index contributed by atoms with van der Waals surface area (Å²) < 4.78 is 41.0. The van der Waals surface area contributed by atoms with Crippen LogP contribution in [-0.4, -0.2) is 48.7 Å². The van der Waals surface area contributed by atoms with Crippen LogP contribution in [0.15, 0.2) is 53.5 Å². The van der Waals surface area contributed by atoms with E-state index in [4.69, 9.17) is 4.99 Å². The van der Waals surface area contributed by atoms with Gasteiger partial charge >= 0.3 is 6.18 Å². The van der Waals surface area contributed by atoms with E-state index in [0.29, 0.717) is 36.6 Å². The van der Waals surface area contributed by atoms with E-state index in [1.807, 2.05) is 17.0 Å². The SMILES string of the molecule is CCCC[C@H](c1ccc(C(=O)NCc2nn[nH]n2)cc1)N1C(=O)C(c2cccc(C(F)(F)F)c2)=NC12CCC(C(C)(C)C)CC2. The number of halogens is 3. The number of aromatic amines is 1. The highest BCUT2D eigenvalue weighted by Crippen LogP contribution is 2.50. The monoisotopic (exact) mass is 623 g/mol. The first-order valence-electron chi connectivity index (χ1n) is 15.5. The van der Waals surface area contributed by atoms with E-state index >= 15 is 0 Å². The van der Waals surface area contributed by atoms with Gasteiger partial charge in [-0.3, -0.25) is 14.6 Å². The smallest absolute Gasteiger partial charge is 0.345 e. The minimum Gasteiger partial charge on any atom is -0.345 e. The Kier molecular flexibility index (Phi) is 9.14. The minimum absolute atomic E-state index is 0.0780. The minimum atomic E-state index is -4.54. The lowest BCUT2D eigenvalue weighted by Crippen LogP contribution is -2.51. The van der Waals surface area contributed by atoms with E-state index < -0.39 is 17.4 Å². The summed E-state index contributed by atoms with van der Waals surface area (Å²) in [6.07, 6.45) is 0.811. The number of tetrazole rings is 1. The summed E-state index contributed by atoms with van der Waals surface area (Å²) in [4.78, 5) is 34.1. The third-order valence-corrected chi connectivity index (χ3v) is 9.16. The van der Waals surface area contributed by atoms with Gasteiger partial charge < -0.3 is 10.2 Å². The quantitative estimate of drug-likeness (QED) is 0.277. The molecule has 1 aliphatic heterocycles. The highest BCUT2D eigenvalue weighted by molar-refractivity contribution is 6.46. The summed E-state index contributed by atoms with van der Waals surface area (Å²) in [5.41, 5.74) is -0.0388. The molecule has 0 unspecified atom stereocenters. The maximum atomic E-state index is 14.4. The molecule has 2 heterocycles. The summed E-state index contributed by atoms with van der Waals surface area (Å²) in [6, 6.07) is 11.7. The maximum absolute atomic E-state index is 14.4. The summed E-state index contributed by atoms with van der Waals surface area (Å²) in [7, 11) is 0. The average molecular weight is 624 g/mol. The van der Waals surface area contributed by atoms with E-state index in [1.165, 1.54) is 12.1 Å². The molecule has 240 valence electrons. The van der Waals surface area contributed by atoms with Gasteiger partial charge in [0.05, 0.1) is 18.2 Å². The number of unbranched alkanes of at least 4 members (excludes halogenated alkanes) is 1. The molecule has 9 nitrogen and oxygen atoms in total. The summed E-state index contributed by atoms with van der Waals surface area (Å²) in [6.45, 7) is 8.85. The number of nitrogens with zero attached hydrogens (tertiary/aromatic N) is 5. The molecule has 1 saturated carbocycles. The predicted octanol–water partition coefficient (Wildman–Crippen LogP) is 6.64. The summed E-state index contributed by atoms with van der Waals surface area (Å²) in [5, 5.41) is 16.3. The van der Waals surface area contributed by atoms with Crippen LogP contribution in [0, 0.1) is 11.3 Å². The standard InChI is InChI=1S/C33H40F3N7O2/c1-5-6-10-26(21-11-13-22(14-12-21)29(44)37-20-27-39-41-42-40-27)43-30(45)28(23-8-7-9-25(19-23)33(34,35)36)38-32(43)17-15-24(16-18-32)31(2,3)4/h7-9,11-14,19,24,26H,5-6,10,15-18,20H2,1-4H3,(H,37,44)(H,39,40,41,42)/t24?,26-,32?/m1/s1. The second-order valence-corrected chi connectivity index (χ2v) is 13.1. The molecule has 12 heteroatoms. The molecule has 1 spiro atoms. The zero-order valence-electron chi connectivity index (χ0n) is 26.1. The molecule has 0 bridgehead atoms. The Morgan fingerprint density at radius 3 is 2.42 bits per heavy atom. The number of nitrogens with one attached hydrogen (secondary N) is 2. The third kappa shape index (κ3) is 6.94. The third-order valence-electron chi connectivity index (χ3n) is 9.16. The number of carbonyl (C=O) groups excluding carboxylic acids is 2. The number of alkyl halides is 3. The summed E-state index contributed by atoms with van der Waals surface area (Å²) >= 11 is 0. The molecule has 45 heavy (non-hydrogen) atoms. The van der Waals surface area contributed by atoms with Crippen molar-refractivity contribution in [2.75, 3.05) is 0 Å². The molecule has 5 rings (SSSR count). The average Bonchev–Trinajstić information content (AvgIpc) is 3.63. The van der Waals surface area contributed by atoms with Crippen molar-refractivity contribution in [3.63, 3.8) is 0 Å². The Balaban J connectivity index is 1.49. The summed E-state index contributed by atoms with van der Waals surface area (Å²) in [5.74, 6) is 0.134. The van der Waals surface area contributed by atoms with Gasteiger partial charge in [0.15, 0.2) is 5.82 Å². The number of aromatic nitrogens is 4. The zero-order chi connectivity index (χ0) is 32.4. The number of benzene rings is 2. The Morgan fingerprint density at radius 1 is 1.11 bits per heavy atom. The van der Waals surface area contributed by atoms with Crippen molar-refractivity contribution in [2.45, 2.75) is 97.1 Å². The van der Waals surface area contributed by atoms with Crippen molar-refractivity contribution in [3.8, 4) is 0 Å². The molecule has 2 aromatic carbocycles. The van der Waals surface area contributed by atoms with Gasteiger partial charge in [-0.15, -0.1) is 10.2 Å². The van der Waals surface area contributed by atoms with E-state index in [1.54, 1.807) is 12.1 Å². The number of amides is 2. The van der Waals surface area contributed by atoms with Gasteiger partial charge in [-0.1, -0.05) is 70.0 Å². The van der Waals surface area contributed by atoms with Crippen LogP contribution in [0.4, 0.5) is 13.2 Å². The number of hydrogen-bond acceptors (Lipinski definition) is 6. The number of rotatable bonds is 9. The number of H-pyrrole nitrogens is 1. The molecule has 2 amide bonds. The molecule has 2 aliphatic rings. The first-order valence-corrected chi connectivity index (χ1v) is 15.5.